The highest BCUT2D eigenvalue weighted by molar-refractivity contribution is 5.85. The van der Waals surface area contributed by atoms with E-state index in [1.165, 1.54) is 0 Å². The third kappa shape index (κ3) is 2.03. The van der Waals surface area contributed by atoms with E-state index in [2.05, 4.69) is 34.1 Å². The number of nitrogens with one attached hydrogen (secondary N) is 1. The predicted octanol–water partition coefficient (Wildman–Crippen LogP) is 2.24. The van der Waals surface area contributed by atoms with Crippen molar-refractivity contribution in [2.75, 3.05) is 5.32 Å². The fourth-order valence-corrected chi connectivity index (χ4v) is 1.35. The van der Waals surface area contributed by atoms with Gasteiger partial charge in [0.25, 0.3) is 0 Å². The molecule has 0 fully saturated rings. The molecule has 78 valence electrons. The Morgan fingerprint density at radius 1 is 1.33 bits per heavy atom. The average Bonchev–Trinajstić information content (AvgIpc) is 2.29. The molecule has 0 aliphatic rings. The zero-order valence-corrected chi connectivity index (χ0v) is 8.94. The second-order valence-electron chi connectivity index (χ2n) is 3.55. The summed E-state index contributed by atoms with van der Waals surface area (Å²) >= 11 is 0. The topological polar surface area (TPSA) is 50.7 Å². The van der Waals surface area contributed by atoms with Crippen LogP contribution in [0, 0.1) is 0 Å². The Kier molecular flexibility index (Phi) is 2.76. The number of anilines is 1. The first-order valence-electron chi connectivity index (χ1n) is 5.13. The molecule has 0 spiro atoms. The van der Waals surface area contributed by atoms with Crippen LogP contribution in [0.2, 0.25) is 0 Å². The van der Waals surface area contributed by atoms with E-state index in [0.29, 0.717) is 6.04 Å². The van der Waals surface area contributed by atoms with E-state index in [9.17, 15) is 0 Å². The predicted molar refractivity (Wildman–Crippen MR) is 60.7 cm³/mol. The van der Waals surface area contributed by atoms with E-state index in [1.807, 2.05) is 12.1 Å². The van der Waals surface area contributed by atoms with Gasteiger partial charge in [-0.25, -0.2) is 15.0 Å². The highest BCUT2D eigenvalue weighted by atomic mass is 15.0. The van der Waals surface area contributed by atoms with Crippen LogP contribution in [-0.4, -0.2) is 21.0 Å². The normalized spacial score (nSPS) is 12.7. The van der Waals surface area contributed by atoms with Crippen molar-refractivity contribution in [3.05, 3.63) is 24.7 Å². The molecule has 0 aliphatic heterocycles. The first-order valence-corrected chi connectivity index (χ1v) is 5.13. The van der Waals surface area contributed by atoms with Gasteiger partial charge in [0.1, 0.15) is 12.1 Å². The molecule has 2 aromatic heterocycles. The van der Waals surface area contributed by atoms with Crippen LogP contribution in [0.1, 0.15) is 20.3 Å². The lowest BCUT2D eigenvalue weighted by molar-refractivity contribution is 0.760. The van der Waals surface area contributed by atoms with E-state index in [-0.39, 0.29) is 0 Å². The maximum absolute atomic E-state index is 4.23. The van der Waals surface area contributed by atoms with Gasteiger partial charge in [-0.1, -0.05) is 6.92 Å². The summed E-state index contributed by atoms with van der Waals surface area (Å²) in [4.78, 5) is 12.5. The third-order valence-electron chi connectivity index (χ3n) is 2.40. The monoisotopic (exact) mass is 202 g/mol. The highest BCUT2D eigenvalue weighted by Crippen LogP contribution is 2.17. The van der Waals surface area contributed by atoms with Crippen molar-refractivity contribution >= 4 is 16.9 Å². The van der Waals surface area contributed by atoms with E-state index in [4.69, 9.17) is 0 Å². The fourth-order valence-electron chi connectivity index (χ4n) is 1.35. The highest BCUT2D eigenvalue weighted by Gasteiger charge is 2.05. The molecular weight excluding hydrogens is 188 g/mol. The van der Waals surface area contributed by atoms with Crippen LogP contribution in [0.4, 0.5) is 5.82 Å². The van der Waals surface area contributed by atoms with Gasteiger partial charge in [-0.2, -0.15) is 0 Å². The van der Waals surface area contributed by atoms with Gasteiger partial charge in [0.2, 0.25) is 0 Å². The van der Waals surface area contributed by atoms with Gasteiger partial charge in [-0.05, 0) is 25.5 Å². The van der Waals surface area contributed by atoms with E-state index < -0.39 is 0 Å². The van der Waals surface area contributed by atoms with Crippen molar-refractivity contribution in [1.29, 1.82) is 0 Å². The van der Waals surface area contributed by atoms with Gasteiger partial charge in [-0.15, -0.1) is 0 Å². The van der Waals surface area contributed by atoms with Gasteiger partial charge in [0, 0.05) is 12.2 Å². The number of nitrogens with zero attached hydrogens (tertiary/aromatic N) is 3. The van der Waals surface area contributed by atoms with Gasteiger partial charge < -0.3 is 5.32 Å². The van der Waals surface area contributed by atoms with Crippen LogP contribution in [0.25, 0.3) is 11.0 Å². The summed E-state index contributed by atoms with van der Waals surface area (Å²) in [5.41, 5.74) is 0.735. The summed E-state index contributed by atoms with van der Waals surface area (Å²) in [6, 6.07) is 4.28. The Morgan fingerprint density at radius 3 is 3.00 bits per heavy atom. The summed E-state index contributed by atoms with van der Waals surface area (Å²) in [5.74, 6) is 0.863. The van der Waals surface area contributed by atoms with Crippen molar-refractivity contribution in [2.24, 2.45) is 0 Å². The maximum atomic E-state index is 4.23. The number of fused-ring (bicyclic) bond motifs is 1. The molecule has 0 radical (unpaired) electrons. The lowest BCUT2D eigenvalue weighted by Crippen LogP contribution is -2.14. The zero-order valence-electron chi connectivity index (χ0n) is 8.94. The minimum Gasteiger partial charge on any atom is -0.367 e. The SMILES string of the molecule is CCC(C)Nc1ncnc2ncccc12. The van der Waals surface area contributed by atoms with Crippen molar-refractivity contribution in [1.82, 2.24) is 15.0 Å². The molecule has 4 heteroatoms. The second kappa shape index (κ2) is 4.21. The van der Waals surface area contributed by atoms with Crippen molar-refractivity contribution in [3.63, 3.8) is 0 Å². The molecule has 0 amide bonds. The Bertz CT molecular complexity index is 450. The van der Waals surface area contributed by atoms with Crippen molar-refractivity contribution in [3.8, 4) is 0 Å². The second-order valence-corrected chi connectivity index (χ2v) is 3.55. The minimum atomic E-state index is 0.406. The van der Waals surface area contributed by atoms with Crippen LogP contribution in [0.5, 0.6) is 0 Å². The van der Waals surface area contributed by atoms with Crippen molar-refractivity contribution < 1.29 is 0 Å². The Balaban J connectivity index is 2.42. The lowest BCUT2D eigenvalue weighted by Gasteiger charge is -2.12. The number of hydrogen-bond acceptors (Lipinski definition) is 4. The Labute approximate surface area is 88.8 Å². The summed E-state index contributed by atoms with van der Waals surface area (Å²) < 4.78 is 0. The number of hydrogen-bond donors (Lipinski definition) is 1. The first kappa shape index (κ1) is 9.83. The summed E-state index contributed by atoms with van der Waals surface area (Å²) in [7, 11) is 0. The van der Waals surface area contributed by atoms with Crippen LogP contribution < -0.4 is 5.32 Å². The molecule has 2 heterocycles. The van der Waals surface area contributed by atoms with E-state index in [0.717, 1.165) is 23.3 Å². The van der Waals surface area contributed by atoms with Gasteiger partial charge >= 0.3 is 0 Å². The maximum Gasteiger partial charge on any atom is 0.164 e. The molecule has 2 aromatic rings. The Hall–Kier alpha value is -1.71. The van der Waals surface area contributed by atoms with Gasteiger partial charge in [-0.3, -0.25) is 0 Å². The summed E-state index contributed by atoms with van der Waals surface area (Å²) in [6.07, 6.45) is 4.34. The zero-order chi connectivity index (χ0) is 10.7. The molecule has 2 rings (SSSR count). The fraction of sp³-hybridized carbons (Fsp3) is 0.364. The number of pyridine rings is 1. The molecule has 1 atom stereocenters. The standard InChI is InChI=1S/C11H14N4/c1-3-8(2)15-11-9-5-4-6-12-10(9)13-7-14-11/h4-8H,3H2,1-2H3,(H,12,13,14,15). The molecule has 0 aromatic carbocycles. The van der Waals surface area contributed by atoms with Crippen LogP contribution in [0.15, 0.2) is 24.7 Å². The Morgan fingerprint density at radius 2 is 2.20 bits per heavy atom. The third-order valence-corrected chi connectivity index (χ3v) is 2.40. The minimum absolute atomic E-state index is 0.406. The lowest BCUT2D eigenvalue weighted by atomic mass is 10.2. The van der Waals surface area contributed by atoms with E-state index in [1.54, 1.807) is 12.5 Å². The summed E-state index contributed by atoms with van der Waals surface area (Å²) in [5, 5.41) is 4.32. The van der Waals surface area contributed by atoms with Crippen LogP contribution in [0.3, 0.4) is 0 Å². The van der Waals surface area contributed by atoms with E-state index >= 15 is 0 Å². The molecule has 1 N–H and O–H groups in total. The summed E-state index contributed by atoms with van der Waals surface area (Å²) in [6.45, 7) is 4.27. The molecule has 4 nitrogen and oxygen atoms in total. The largest absolute Gasteiger partial charge is 0.367 e. The molecule has 15 heavy (non-hydrogen) atoms. The molecular formula is C11H14N4. The van der Waals surface area contributed by atoms with Gasteiger partial charge in [0.15, 0.2) is 5.65 Å². The first-order chi connectivity index (χ1) is 7.31. The van der Waals surface area contributed by atoms with Crippen LogP contribution in [-0.2, 0) is 0 Å². The molecule has 0 aliphatic carbocycles. The quantitative estimate of drug-likeness (QED) is 0.829. The van der Waals surface area contributed by atoms with Crippen LogP contribution >= 0.6 is 0 Å². The smallest absolute Gasteiger partial charge is 0.164 e. The number of rotatable bonds is 3. The number of aromatic nitrogens is 3. The molecule has 0 saturated carbocycles. The molecule has 0 bridgehead atoms. The molecule has 0 saturated heterocycles. The van der Waals surface area contributed by atoms with Crippen molar-refractivity contribution in [2.45, 2.75) is 26.3 Å². The van der Waals surface area contributed by atoms with Gasteiger partial charge in [0.05, 0.1) is 5.39 Å². The molecule has 1 unspecified atom stereocenters. The average molecular weight is 202 g/mol.